The molecule has 0 radical (unpaired) electrons. The third kappa shape index (κ3) is 3.75. The van der Waals surface area contributed by atoms with Crippen LogP contribution in [-0.4, -0.2) is 4.57 Å². The van der Waals surface area contributed by atoms with Crippen molar-refractivity contribution in [1.82, 2.24) is 4.57 Å². The average Bonchev–Trinajstić information content (AvgIpc) is 3.62. The van der Waals surface area contributed by atoms with Gasteiger partial charge >= 0.3 is 0 Å². The van der Waals surface area contributed by atoms with E-state index in [2.05, 4.69) is 149 Å². The zero-order chi connectivity index (χ0) is 28.3. The summed E-state index contributed by atoms with van der Waals surface area (Å²) in [7, 11) is 0. The minimum atomic E-state index is 0.875. The molecule has 3 heteroatoms. The number of rotatable bonds is 4. The number of furan rings is 1. The Bertz CT molecular complexity index is 2470. The van der Waals surface area contributed by atoms with Crippen LogP contribution in [0, 0.1) is 0 Å². The molecule has 1 N–H and O–H groups in total. The maximum atomic E-state index is 6.22. The summed E-state index contributed by atoms with van der Waals surface area (Å²) in [5, 5.41) is 10.9. The monoisotopic (exact) mass is 550 g/mol. The summed E-state index contributed by atoms with van der Waals surface area (Å²) in [6.07, 6.45) is 0. The van der Waals surface area contributed by atoms with Gasteiger partial charge in [-0.3, -0.25) is 0 Å². The van der Waals surface area contributed by atoms with Crippen molar-refractivity contribution < 1.29 is 4.42 Å². The fourth-order valence-electron chi connectivity index (χ4n) is 6.55. The minimum Gasteiger partial charge on any atom is -0.454 e. The number of hydrogen-bond acceptors (Lipinski definition) is 2. The van der Waals surface area contributed by atoms with Gasteiger partial charge in [0.15, 0.2) is 5.58 Å². The molecular weight excluding hydrogens is 524 g/mol. The average molecular weight is 551 g/mol. The van der Waals surface area contributed by atoms with E-state index < -0.39 is 0 Å². The first-order valence-electron chi connectivity index (χ1n) is 14.6. The van der Waals surface area contributed by atoms with Crippen molar-refractivity contribution in [2.24, 2.45) is 0 Å². The molecule has 0 bridgehead atoms. The van der Waals surface area contributed by atoms with Crippen molar-refractivity contribution in [3.63, 3.8) is 0 Å². The second-order valence-corrected chi connectivity index (χ2v) is 11.1. The van der Waals surface area contributed by atoms with E-state index in [1.165, 1.54) is 43.7 Å². The van der Waals surface area contributed by atoms with Crippen LogP contribution in [0.2, 0.25) is 0 Å². The molecule has 2 aromatic heterocycles. The molecule has 0 spiro atoms. The molecule has 7 aromatic carbocycles. The fraction of sp³-hybridized carbons (Fsp3) is 0. The molecule has 9 aromatic rings. The Morgan fingerprint density at radius 2 is 1.21 bits per heavy atom. The number of fused-ring (bicyclic) bond motifs is 8. The number of hydrogen-bond donors (Lipinski definition) is 1. The van der Waals surface area contributed by atoms with Crippen LogP contribution in [-0.2, 0) is 0 Å². The van der Waals surface area contributed by atoms with Crippen LogP contribution in [0.4, 0.5) is 11.4 Å². The maximum absolute atomic E-state index is 6.22. The zero-order valence-electron chi connectivity index (χ0n) is 23.3. The highest BCUT2D eigenvalue weighted by Gasteiger charge is 2.16. The van der Waals surface area contributed by atoms with Crippen LogP contribution in [0.15, 0.2) is 156 Å². The van der Waals surface area contributed by atoms with E-state index in [9.17, 15) is 0 Å². The van der Waals surface area contributed by atoms with Crippen molar-refractivity contribution >= 4 is 65.9 Å². The van der Waals surface area contributed by atoms with Crippen molar-refractivity contribution in [1.29, 1.82) is 0 Å². The lowest BCUT2D eigenvalue weighted by Crippen LogP contribution is -1.94. The van der Waals surface area contributed by atoms with Crippen LogP contribution in [0.3, 0.4) is 0 Å². The molecular formula is C40H26N2O. The Morgan fingerprint density at radius 3 is 2.09 bits per heavy atom. The first kappa shape index (κ1) is 23.9. The van der Waals surface area contributed by atoms with Crippen LogP contribution in [0.1, 0.15) is 0 Å². The third-order valence-electron chi connectivity index (χ3n) is 8.57. The van der Waals surface area contributed by atoms with Crippen LogP contribution >= 0.6 is 0 Å². The van der Waals surface area contributed by atoms with Crippen LogP contribution < -0.4 is 5.32 Å². The molecule has 43 heavy (non-hydrogen) atoms. The summed E-state index contributed by atoms with van der Waals surface area (Å²) in [6.45, 7) is 0. The first-order chi connectivity index (χ1) is 21.3. The highest BCUT2D eigenvalue weighted by molar-refractivity contribution is 6.19. The molecule has 9 rings (SSSR count). The Kier molecular flexibility index (Phi) is 5.20. The van der Waals surface area contributed by atoms with Gasteiger partial charge in [0.2, 0.25) is 0 Å². The molecule has 0 saturated heterocycles. The van der Waals surface area contributed by atoms with Crippen molar-refractivity contribution in [2.75, 3.05) is 5.32 Å². The largest absolute Gasteiger partial charge is 0.454 e. The summed E-state index contributed by atoms with van der Waals surface area (Å²) in [4.78, 5) is 0. The maximum Gasteiger partial charge on any atom is 0.158 e. The molecule has 3 nitrogen and oxygen atoms in total. The summed E-state index contributed by atoms with van der Waals surface area (Å²) in [5.41, 5.74) is 9.72. The van der Waals surface area contributed by atoms with E-state index in [4.69, 9.17) is 4.42 Å². The standard InChI is InChI=1S/C40H26N2O/c1-2-10-30(11-3-1)42-37-25-28(20-23-32(37)34-24-19-27-9-4-5-12-31(27)39(34)42)26-17-21-29(22-18-26)41-36-15-8-14-35-33-13-6-7-16-38(33)43-40(35)36/h1-25,41H. The van der Waals surface area contributed by atoms with E-state index in [1.807, 2.05) is 12.1 Å². The summed E-state index contributed by atoms with van der Waals surface area (Å²) in [6, 6.07) is 53.8. The van der Waals surface area contributed by atoms with Crippen molar-refractivity contribution in [3.8, 4) is 16.8 Å². The van der Waals surface area contributed by atoms with Crippen LogP contribution in [0.25, 0.3) is 71.3 Å². The summed E-state index contributed by atoms with van der Waals surface area (Å²) in [5.74, 6) is 0. The molecule has 0 amide bonds. The molecule has 2 heterocycles. The number of nitrogens with zero attached hydrogens (tertiary/aromatic N) is 1. The van der Waals surface area contributed by atoms with E-state index in [0.29, 0.717) is 0 Å². The number of anilines is 2. The third-order valence-corrected chi connectivity index (χ3v) is 8.57. The molecule has 0 aliphatic heterocycles. The van der Waals surface area contributed by atoms with E-state index in [1.54, 1.807) is 0 Å². The van der Waals surface area contributed by atoms with Gasteiger partial charge in [-0.15, -0.1) is 0 Å². The molecule has 0 fully saturated rings. The van der Waals surface area contributed by atoms with Gasteiger partial charge < -0.3 is 14.3 Å². The van der Waals surface area contributed by atoms with Gasteiger partial charge in [0.05, 0.1) is 16.7 Å². The Morgan fingerprint density at radius 1 is 0.488 bits per heavy atom. The number of aromatic nitrogens is 1. The molecule has 0 aliphatic carbocycles. The molecule has 0 aliphatic rings. The second-order valence-electron chi connectivity index (χ2n) is 11.1. The summed E-state index contributed by atoms with van der Waals surface area (Å²) < 4.78 is 8.64. The lowest BCUT2D eigenvalue weighted by atomic mass is 10.0. The number of nitrogens with one attached hydrogen (secondary N) is 1. The molecule has 202 valence electrons. The second kappa shape index (κ2) is 9.37. The highest BCUT2D eigenvalue weighted by Crippen LogP contribution is 2.39. The Hall–Kier alpha value is -5.80. The van der Waals surface area contributed by atoms with Crippen LogP contribution in [0.5, 0.6) is 0 Å². The summed E-state index contributed by atoms with van der Waals surface area (Å²) >= 11 is 0. The van der Waals surface area contributed by atoms with Crippen molar-refractivity contribution in [2.45, 2.75) is 0 Å². The van der Waals surface area contributed by atoms with Gasteiger partial charge in [0.25, 0.3) is 0 Å². The first-order valence-corrected chi connectivity index (χ1v) is 14.6. The van der Waals surface area contributed by atoms with Crippen molar-refractivity contribution in [3.05, 3.63) is 152 Å². The van der Waals surface area contributed by atoms with E-state index >= 15 is 0 Å². The fourth-order valence-corrected chi connectivity index (χ4v) is 6.55. The van der Waals surface area contributed by atoms with Gasteiger partial charge in [-0.1, -0.05) is 109 Å². The van der Waals surface area contributed by atoms with Gasteiger partial charge in [0.1, 0.15) is 5.58 Å². The molecule has 0 unspecified atom stereocenters. The normalized spacial score (nSPS) is 11.7. The SMILES string of the molecule is c1ccc(-n2c3cc(-c4ccc(Nc5cccc6c5oc5ccccc56)cc4)ccc3c3ccc4ccccc4c32)cc1. The van der Waals surface area contributed by atoms with E-state index in [-0.39, 0.29) is 0 Å². The Balaban J connectivity index is 1.15. The molecule has 0 saturated carbocycles. The van der Waals surface area contributed by atoms with Gasteiger partial charge in [-0.05, 0) is 59.0 Å². The van der Waals surface area contributed by atoms with Gasteiger partial charge in [-0.2, -0.15) is 0 Å². The number of para-hydroxylation sites is 3. The smallest absolute Gasteiger partial charge is 0.158 e. The highest BCUT2D eigenvalue weighted by atomic mass is 16.3. The molecule has 0 atom stereocenters. The Labute approximate surface area is 248 Å². The zero-order valence-corrected chi connectivity index (χ0v) is 23.3. The lowest BCUT2D eigenvalue weighted by Gasteiger charge is -2.11. The van der Waals surface area contributed by atoms with Gasteiger partial charge in [-0.25, -0.2) is 0 Å². The predicted molar refractivity (Wildman–Crippen MR) is 181 cm³/mol. The topological polar surface area (TPSA) is 30.1 Å². The number of benzene rings is 7. The quantitative estimate of drug-likeness (QED) is 0.236. The minimum absolute atomic E-state index is 0.875. The predicted octanol–water partition coefficient (Wildman–Crippen LogP) is 11.2. The van der Waals surface area contributed by atoms with E-state index in [0.717, 1.165) is 39.0 Å². The lowest BCUT2D eigenvalue weighted by molar-refractivity contribution is 0.670. The van der Waals surface area contributed by atoms with Gasteiger partial charge in [0, 0.05) is 38.3 Å².